The van der Waals surface area contributed by atoms with Gasteiger partial charge in [0.1, 0.15) is 0 Å². The number of fused-ring (bicyclic) bond motifs is 1. The number of Topliss-reactive ketones (excluding diaryl/α,β-unsaturated/α-hetero) is 1. The molecule has 1 amide bonds. The number of anilines is 1. The lowest BCUT2D eigenvalue weighted by atomic mass is 10.0. The van der Waals surface area contributed by atoms with Gasteiger partial charge in [-0.15, -0.1) is 0 Å². The van der Waals surface area contributed by atoms with Gasteiger partial charge < -0.3 is 10.2 Å². The van der Waals surface area contributed by atoms with E-state index in [-0.39, 0.29) is 27.7 Å². The molecular weight excluding hydrogens is 418 g/mol. The molecule has 1 aliphatic carbocycles. The number of allylic oxidation sites excluding steroid dienone is 3. The highest BCUT2D eigenvalue weighted by Crippen LogP contribution is 2.24. The summed E-state index contributed by atoms with van der Waals surface area (Å²) in [6.07, 6.45) is 2.54. The fourth-order valence-corrected chi connectivity index (χ4v) is 4.00. The van der Waals surface area contributed by atoms with Gasteiger partial charge in [0.15, 0.2) is 5.71 Å². The lowest BCUT2D eigenvalue weighted by Gasteiger charge is -2.10. The number of amides is 1. The van der Waals surface area contributed by atoms with Crippen LogP contribution in [0, 0.1) is 6.92 Å². The first-order valence-corrected chi connectivity index (χ1v) is 10.7. The summed E-state index contributed by atoms with van der Waals surface area (Å²) in [5, 5.41) is 6.49. The second-order valence-electron chi connectivity index (χ2n) is 7.00. The molecule has 0 bridgehead atoms. The van der Waals surface area contributed by atoms with E-state index in [2.05, 4.69) is 14.9 Å². The lowest BCUT2D eigenvalue weighted by molar-refractivity contribution is -0.115. The van der Waals surface area contributed by atoms with Crippen LogP contribution in [0.15, 0.2) is 86.5 Å². The molecular formula is C22H17N3O5S. The van der Waals surface area contributed by atoms with Crippen LogP contribution in [0.5, 0.6) is 0 Å². The van der Waals surface area contributed by atoms with Crippen molar-refractivity contribution in [3.05, 3.63) is 83.1 Å². The number of nitrogens with zero attached hydrogens (tertiary/aromatic N) is 2. The average molecular weight is 435 g/mol. The number of benzene rings is 2. The number of para-hydroxylation sites is 1. The van der Waals surface area contributed by atoms with Gasteiger partial charge in [0.05, 0.1) is 16.3 Å². The Labute approximate surface area is 178 Å². The fraction of sp³-hybridized carbons (Fsp3) is 0.0909. The van der Waals surface area contributed by atoms with Gasteiger partial charge in [-0.25, -0.2) is 0 Å². The Hall–Kier alpha value is -3.85. The number of aryl methyl sites for hydroxylation is 1. The van der Waals surface area contributed by atoms with Crippen molar-refractivity contribution in [1.29, 1.82) is 0 Å². The summed E-state index contributed by atoms with van der Waals surface area (Å²) < 4.78 is 29.0. The maximum Gasteiger partial charge on any atom is 0.282 e. The molecule has 9 heteroatoms. The number of sulfonamides is 1. The Kier molecular flexibility index (Phi) is 5.12. The summed E-state index contributed by atoms with van der Waals surface area (Å²) in [5.74, 6) is -1.18. The van der Waals surface area contributed by atoms with Crippen LogP contribution in [0.4, 0.5) is 5.69 Å². The van der Waals surface area contributed by atoms with Crippen molar-refractivity contribution in [2.75, 3.05) is 5.32 Å². The summed E-state index contributed by atoms with van der Waals surface area (Å²) >= 11 is 0. The Morgan fingerprint density at radius 3 is 2.39 bits per heavy atom. The summed E-state index contributed by atoms with van der Waals surface area (Å²) in [5.41, 5.74) is 2.30. The van der Waals surface area contributed by atoms with E-state index in [1.807, 2.05) is 6.92 Å². The van der Waals surface area contributed by atoms with Crippen molar-refractivity contribution in [3.8, 4) is 0 Å². The molecule has 2 aliphatic rings. The molecule has 8 nitrogen and oxygen atoms in total. The van der Waals surface area contributed by atoms with Gasteiger partial charge in [0, 0.05) is 17.2 Å². The van der Waals surface area contributed by atoms with Crippen LogP contribution in [0.2, 0.25) is 0 Å². The predicted octanol–water partition coefficient (Wildman–Crippen LogP) is 2.91. The monoisotopic (exact) mass is 435 g/mol. The Balaban J connectivity index is 1.66. The van der Waals surface area contributed by atoms with Crippen LogP contribution in [0.1, 0.15) is 18.1 Å². The normalized spacial score (nSPS) is 18.5. The molecule has 0 aromatic heterocycles. The van der Waals surface area contributed by atoms with Crippen molar-refractivity contribution in [2.45, 2.75) is 18.7 Å². The quantitative estimate of drug-likeness (QED) is 0.586. The zero-order chi connectivity index (χ0) is 22.2. The zero-order valence-corrected chi connectivity index (χ0v) is 17.4. The van der Waals surface area contributed by atoms with Gasteiger partial charge in [-0.3, -0.25) is 9.59 Å². The van der Waals surface area contributed by atoms with Gasteiger partial charge >= 0.3 is 0 Å². The highest BCUT2D eigenvalue weighted by atomic mass is 32.2. The van der Waals surface area contributed by atoms with E-state index in [9.17, 15) is 18.0 Å². The third-order valence-electron chi connectivity index (χ3n) is 4.65. The standard InChI is InChI=1S/C22H17N3O5S/c1-13-7-9-16(10-8-13)31(28,29)25-15-11-14(2)21(26)19(12-15)30-24-20-17-5-3-4-6-18(17)23-22(20)27/h3-12H,1-2H3,(H,23,24,27)/b25-15-. The SMILES string of the molecule is CC1=C/C(=N/S(=O)(=O)c2ccc(C)cc2)C=C(O/N=C2/C(=O)Nc3ccccc32)C1=O. The van der Waals surface area contributed by atoms with Crippen LogP contribution in [0.3, 0.4) is 0 Å². The van der Waals surface area contributed by atoms with Crippen molar-refractivity contribution in [1.82, 2.24) is 0 Å². The van der Waals surface area contributed by atoms with Crippen LogP contribution >= 0.6 is 0 Å². The summed E-state index contributed by atoms with van der Waals surface area (Å²) in [6.45, 7) is 3.36. The zero-order valence-electron chi connectivity index (χ0n) is 16.6. The van der Waals surface area contributed by atoms with E-state index in [0.29, 0.717) is 11.3 Å². The van der Waals surface area contributed by atoms with Crippen LogP contribution in [-0.4, -0.2) is 31.5 Å². The number of nitrogens with one attached hydrogen (secondary N) is 1. The highest BCUT2D eigenvalue weighted by molar-refractivity contribution is 7.90. The van der Waals surface area contributed by atoms with Gasteiger partial charge in [0.25, 0.3) is 15.9 Å². The first-order valence-electron chi connectivity index (χ1n) is 9.27. The molecule has 0 spiro atoms. The Morgan fingerprint density at radius 1 is 0.935 bits per heavy atom. The maximum absolute atomic E-state index is 12.6. The summed E-state index contributed by atoms with van der Waals surface area (Å²) in [4.78, 5) is 29.9. The largest absolute Gasteiger partial charge is 0.352 e. The van der Waals surface area contributed by atoms with Crippen LogP contribution in [0.25, 0.3) is 0 Å². The third kappa shape index (κ3) is 4.08. The molecule has 156 valence electrons. The first-order chi connectivity index (χ1) is 14.7. The molecule has 0 atom stereocenters. The molecule has 0 unspecified atom stereocenters. The number of carbonyl (C=O) groups excluding carboxylic acids is 2. The van der Waals surface area contributed by atoms with E-state index < -0.39 is 21.7 Å². The number of oxime groups is 1. The molecule has 0 saturated heterocycles. The number of ketones is 1. The summed E-state index contributed by atoms with van der Waals surface area (Å²) in [6, 6.07) is 13.2. The number of hydrogen-bond donors (Lipinski definition) is 1. The van der Waals surface area contributed by atoms with Crippen molar-refractivity contribution in [2.24, 2.45) is 9.55 Å². The molecule has 2 aromatic carbocycles. The number of carbonyl (C=O) groups is 2. The molecule has 1 N–H and O–H groups in total. The number of hydrogen-bond acceptors (Lipinski definition) is 6. The third-order valence-corrected chi connectivity index (χ3v) is 5.97. The predicted molar refractivity (Wildman–Crippen MR) is 115 cm³/mol. The second kappa shape index (κ2) is 7.77. The minimum atomic E-state index is -3.99. The fourth-order valence-electron chi connectivity index (χ4n) is 3.03. The Morgan fingerprint density at radius 2 is 1.65 bits per heavy atom. The van der Waals surface area contributed by atoms with E-state index in [4.69, 9.17) is 4.84 Å². The molecule has 4 rings (SSSR count). The lowest BCUT2D eigenvalue weighted by Crippen LogP contribution is -2.18. The molecule has 0 fully saturated rings. The van der Waals surface area contributed by atoms with Gasteiger partial charge in [-0.05, 0) is 38.1 Å². The van der Waals surface area contributed by atoms with E-state index in [1.165, 1.54) is 31.2 Å². The topological polar surface area (TPSA) is 114 Å². The molecule has 0 radical (unpaired) electrons. The molecule has 1 aliphatic heterocycles. The van der Waals surface area contributed by atoms with Gasteiger partial charge in [-0.1, -0.05) is 41.1 Å². The molecule has 31 heavy (non-hydrogen) atoms. The van der Waals surface area contributed by atoms with E-state index in [1.54, 1.807) is 36.4 Å². The Bertz CT molecular complexity index is 1330. The highest BCUT2D eigenvalue weighted by Gasteiger charge is 2.28. The number of rotatable bonds is 4. The van der Waals surface area contributed by atoms with Crippen molar-refractivity contribution >= 4 is 38.8 Å². The molecule has 1 heterocycles. The van der Waals surface area contributed by atoms with E-state index in [0.717, 1.165) is 5.56 Å². The smallest absolute Gasteiger partial charge is 0.282 e. The van der Waals surface area contributed by atoms with Crippen LogP contribution < -0.4 is 5.32 Å². The van der Waals surface area contributed by atoms with E-state index >= 15 is 0 Å². The average Bonchev–Trinajstić information content (AvgIpc) is 3.04. The van der Waals surface area contributed by atoms with Gasteiger partial charge in [0.2, 0.25) is 11.5 Å². The maximum atomic E-state index is 12.6. The molecule has 0 saturated carbocycles. The molecule has 2 aromatic rings. The minimum Gasteiger partial charge on any atom is -0.352 e. The second-order valence-corrected chi connectivity index (χ2v) is 8.60. The minimum absolute atomic E-state index is 0.0160. The first kappa shape index (κ1) is 20.4. The van der Waals surface area contributed by atoms with Crippen molar-refractivity contribution < 1.29 is 22.8 Å². The van der Waals surface area contributed by atoms with Gasteiger partial charge in [-0.2, -0.15) is 12.8 Å². The van der Waals surface area contributed by atoms with Crippen molar-refractivity contribution in [3.63, 3.8) is 0 Å². The summed E-state index contributed by atoms with van der Waals surface area (Å²) in [7, 11) is -3.99. The van der Waals surface area contributed by atoms with Crippen LogP contribution in [-0.2, 0) is 24.4 Å².